The van der Waals surface area contributed by atoms with Crippen molar-refractivity contribution in [3.63, 3.8) is 0 Å². The minimum atomic E-state index is 0.549. The summed E-state index contributed by atoms with van der Waals surface area (Å²) in [6, 6.07) is 72.7. The first-order valence-corrected chi connectivity index (χ1v) is 21.9. The summed E-state index contributed by atoms with van der Waals surface area (Å²) in [5, 5.41) is 6.87. The highest BCUT2D eigenvalue weighted by Crippen LogP contribution is 2.44. The normalized spacial score (nSPS) is 11.8. The molecule has 0 saturated heterocycles. The molecule has 0 aliphatic carbocycles. The van der Waals surface area contributed by atoms with Crippen LogP contribution in [0.2, 0.25) is 0 Å². The Hall–Kier alpha value is -8.19. The molecule has 294 valence electrons. The van der Waals surface area contributed by atoms with Crippen molar-refractivity contribution in [3.8, 4) is 62.1 Å². The van der Waals surface area contributed by atoms with Crippen LogP contribution < -0.4 is 0 Å². The minimum absolute atomic E-state index is 0.549. The number of hydrogen-bond acceptors (Lipinski definition) is 5. The molecule has 5 nitrogen and oxygen atoms in total. The summed E-state index contributed by atoms with van der Waals surface area (Å²) in [4.78, 5) is 16.2. The lowest BCUT2D eigenvalue weighted by atomic mass is 9.96. The average Bonchev–Trinajstić information content (AvgIpc) is 4.04. The van der Waals surface area contributed by atoms with Crippen molar-refractivity contribution < 1.29 is 4.42 Å². The number of aromatic nitrogens is 4. The second-order valence-corrected chi connectivity index (χ2v) is 16.9. The van der Waals surface area contributed by atoms with Crippen molar-refractivity contribution in [3.05, 3.63) is 206 Å². The first-order chi connectivity index (χ1) is 31.2. The molecular weight excluding hydrogens is 789 g/mol. The quantitative estimate of drug-likeness (QED) is 0.168. The van der Waals surface area contributed by atoms with Gasteiger partial charge in [0.1, 0.15) is 11.2 Å². The molecule has 0 bridgehead atoms. The second-order valence-electron chi connectivity index (χ2n) is 15.9. The maximum Gasteiger partial charge on any atom is 0.167 e. The van der Waals surface area contributed by atoms with Crippen molar-refractivity contribution in [1.29, 1.82) is 0 Å². The minimum Gasteiger partial charge on any atom is -0.455 e. The topological polar surface area (TPSA) is 56.7 Å². The predicted octanol–water partition coefficient (Wildman–Crippen LogP) is 15.6. The third kappa shape index (κ3) is 5.66. The summed E-state index contributed by atoms with van der Waals surface area (Å²) >= 11 is 1.77. The Labute approximate surface area is 365 Å². The fourth-order valence-electron chi connectivity index (χ4n) is 9.45. The van der Waals surface area contributed by atoms with Crippen LogP contribution in [0.3, 0.4) is 0 Å². The number of thiophene rings is 1. The van der Waals surface area contributed by atoms with Gasteiger partial charge in [-0.2, -0.15) is 0 Å². The summed E-state index contributed by atoms with van der Waals surface area (Å²) in [6.07, 6.45) is 0. The Morgan fingerprint density at radius 3 is 1.79 bits per heavy atom. The number of fused-ring (bicyclic) bond motifs is 9. The maximum atomic E-state index is 6.62. The smallest absolute Gasteiger partial charge is 0.167 e. The average molecular weight is 823 g/mol. The highest BCUT2D eigenvalue weighted by Gasteiger charge is 2.24. The Bertz CT molecular complexity index is 3790. The molecule has 13 rings (SSSR count). The molecular formula is C57H34N4OS. The number of benzene rings is 9. The highest BCUT2D eigenvalue weighted by molar-refractivity contribution is 7.26. The van der Waals surface area contributed by atoms with Crippen LogP contribution in [0, 0.1) is 0 Å². The van der Waals surface area contributed by atoms with Gasteiger partial charge in [-0.25, -0.2) is 15.0 Å². The van der Waals surface area contributed by atoms with Crippen LogP contribution in [0.25, 0.3) is 126 Å². The largest absolute Gasteiger partial charge is 0.455 e. The zero-order chi connectivity index (χ0) is 41.4. The highest BCUT2D eigenvalue weighted by atomic mass is 32.1. The van der Waals surface area contributed by atoms with Gasteiger partial charge in [0.15, 0.2) is 17.5 Å². The number of hydrogen-bond donors (Lipinski definition) is 0. The van der Waals surface area contributed by atoms with Gasteiger partial charge in [-0.3, -0.25) is 0 Å². The van der Waals surface area contributed by atoms with E-state index in [2.05, 4.69) is 193 Å². The summed E-state index contributed by atoms with van der Waals surface area (Å²) in [5.41, 5.74) is 12.0. The molecule has 6 heteroatoms. The molecule has 0 atom stereocenters. The second kappa shape index (κ2) is 14.2. The third-order valence-electron chi connectivity index (χ3n) is 12.3. The van der Waals surface area contributed by atoms with Crippen LogP contribution >= 0.6 is 11.3 Å². The van der Waals surface area contributed by atoms with Gasteiger partial charge in [0.05, 0.1) is 22.3 Å². The van der Waals surface area contributed by atoms with Crippen molar-refractivity contribution >= 4 is 75.3 Å². The van der Waals surface area contributed by atoms with E-state index in [0.717, 1.165) is 71.2 Å². The molecule has 13 aromatic rings. The van der Waals surface area contributed by atoms with Gasteiger partial charge in [0.2, 0.25) is 0 Å². The third-order valence-corrected chi connectivity index (χ3v) is 13.5. The monoisotopic (exact) mass is 822 g/mol. The number of para-hydroxylation sites is 3. The molecule has 0 spiro atoms. The Balaban J connectivity index is 1.11. The number of nitrogens with zero attached hydrogens (tertiary/aromatic N) is 4. The fraction of sp³-hybridized carbons (Fsp3) is 0. The van der Waals surface area contributed by atoms with E-state index in [4.69, 9.17) is 19.4 Å². The molecule has 9 aromatic carbocycles. The molecule has 0 amide bonds. The van der Waals surface area contributed by atoms with E-state index in [1.165, 1.54) is 37.4 Å². The van der Waals surface area contributed by atoms with Gasteiger partial charge in [-0.05, 0) is 65.2 Å². The molecule has 0 aliphatic rings. The first kappa shape index (κ1) is 35.6. The lowest BCUT2D eigenvalue weighted by Gasteiger charge is -2.18. The fourth-order valence-corrected chi connectivity index (χ4v) is 10.7. The lowest BCUT2D eigenvalue weighted by Crippen LogP contribution is -2.04. The number of rotatable bonds is 6. The standard InChI is InChI=1S/C57H34N4OS/c1-3-16-35(17-4-1)37-32-33-48-46(34-37)38-20-7-10-28-47(38)61(48)49-29-15-25-43(52(49)36-18-5-2-6-19-36)55-58-56(44-26-13-23-41-39-21-8-11-30-50(39)62-53(41)44)60-57(59-55)45-27-14-24-42-40-22-9-12-31-51(40)63-54(42)45/h1-34H. The molecule has 0 saturated carbocycles. The van der Waals surface area contributed by atoms with Crippen LogP contribution in [0.5, 0.6) is 0 Å². The van der Waals surface area contributed by atoms with E-state index in [1.807, 2.05) is 18.2 Å². The van der Waals surface area contributed by atoms with Gasteiger partial charge in [-0.15, -0.1) is 11.3 Å². The van der Waals surface area contributed by atoms with Crippen LogP contribution in [-0.2, 0) is 0 Å². The van der Waals surface area contributed by atoms with Gasteiger partial charge in [-0.1, -0.05) is 158 Å². The van der Waals surface area contributed by atoms with Crippen molar-refractivity contribution in [2.75, 3.05) is 0 Å². The Kier molecular flexibility index (Phi) is 8.01. The van der Waals surface area contributed by atoms with E-state index >= 15 is 0 Å². The van der Waals surface area contributed by atoms with Crippen molar-refractivity contribution in [2.24, 2.45) is 0 Å². The molecule has 0 radical (unpaired) electrons. The van der Waals surface area contributed by atoms with Crippen molar-refractivity contribution in [2.45, 2.75) is 0 Å². The van der Waals surface area contributed by atoms with Crippen LogP contribution in [0.4, 0.5) is 0 Å². The molecule has 0 N–H and O–H groups in total. The zero-order valence-electron chi connectivity index (χ0n) is 33.7. The SMILES string of the molecule is c1ccc(-c2ccc3c(c2)c2ccccc2n3-c2cccc(-c3nc(-c4cccc5c4oc4ccccc45)nc(-c4cccc5c4sc4ccccc45)n3)c2-c2ccccc2)cc1. The van der Waals surface area contributed by atoms with E-state index < -0.39 is 0 Å². The molecule has 0 fully saturated rings. The molecule has 0 aliphatic heterocycles. The van der Waals surface area contributed by atoms with E-state index in [1.54, 1.807) is 11.3 Å². The van der Waals surface area contributed by atoms with Gasteiger partial charge < -0.3 is 8.98 Å². The summed E-state index contributed by atoms with van der Waals surface area (Å²) < 4.78 is 11.4. The number of furan rings is 1. The predicted molar refractivity (Wildman–Crippen MR) is 262 cm³/mol. The zero-order valence-corrected chi connectivity index (χ0v) is 34.6. The Morgan fingerprint density at radius 2 is 0.968 bits per heavy atom. The van der Waals surface area contributed by atoms with Crippen LogP contribution in [-0.4, -0.2) is 19.5 Å². The van der Waals surface area contributed by atoms with E-state index in [0.29, 0.717) is 17.5 Å². The Morgan fingerprint density at radius 1 is 0.381 bits per heavy atom. The first-order valence-electron chi connectivity index (χ1n) is 21.1. The van der Waals surface area contributed by atoms with Crippen LogP contribution in [0.1, 0.15) is 0 Å². The molecule has 4 heterocycles. The lowest BCUT2D eigenvalue weighted by molar-refractivity contribution is 0.669. The molecule has 63 heavy (non-hydrogen) atoms. The van der Waals surface area contributed by atoms with Crippen molar-refractivity contribution in [1.82, 2.24) is 19.5 Å². The summed E-state index contributed by atoms with van der Waals surface area (Å²) in [7, 11) is 0. The van der Waals surface area contributed by atoms with E-state index in [-0.39, 0.29) is 0 Å². The summed E-state index contributed by atoms with van der Waals surface area (Å²) in [6.45, 7) is 0. The maximum absolute atomic E-state index is 6.62. The van der Waals surface area contributed by atoms with Gasteiger partial charge in [0, 0.05) is 58.4 Å². The summed E-state index contributed by atoms with van der Waals surface area (Å²) in [5.74, 6) is 1.73. The molecule has 4 aromatic heterocycles. The van der Waals surface area contributed by atoms with Gasteiger partial charge >= 0.3 is 0 Å². The van der Waals surface area contributed by atoms with E-state index in [9.17, 15) is 0 Å². The van der Waals surface area contributed by atoms with Gasteiger partial charge in [0.25, 0.3) is 0 Å². The van der Waals surface area contributed by atoms with Crippen LogP contribution in [0.15, 0.2) is 211 Å². The molecule has 0 unspecified atom stereocenters.